The molecule has 2 aliphatic heterocycles. The number of hydrogen-bond acceptors (Lipinski definition) is 3. The molecule has 2 heterocycles. The van der Waals surface area contributed by atoms with Crippen LogP contribution in [0.1, 0.15) is 54.1 Å². The Labute approximate surface area is 195 Å². The fourth-order valence-electron chi connectivity index (χ4n) is 5.02. The zero-order valence-electron chi connectivity index (χ0n) is 19.2. The average molecular weight is 454 g/mol. The number of carbonyl (C=O) groups excluding carboxylic acids is 2. The van der Waals surface area contributed by atoms with E-state index in [4.69, 9.17) is 11.6 Å². The van der Waals surface area contributed by atoms with E-state index in [9.17, 15) is 9.59 Å². The highest BCUT2D eigenvalue weighted by molar-refractivity contribution is 6.33. The lowest BCUT2D eigenvalue weighted by atomic mass is 9.95. The van der Waals surface area contributed by atoms with Crippen molar-refractivity contribution < 1.29 is 9.59 Å². The second-order valence-corrected chi connectivity index (χ2v) is 9.60. The van der Waals surface area contributed by atoms with Gasteiger partial charge in [-0.15, -0.1) is 0 Å². The van der Waals surface area contributed by atoms with E-state index in [1.165, 1.54) is 12.8 Å². The van der Waals surface area contributed by atoms with Crippen LogP contribution in [0.4, 0.5) is 11.4 Å². The molecule has 0 bridgehead atoms. The zero-order valence-corrected chi connectivity index (χ0v) is 19.9. The van der Waals surface area contributed by atoms with Crippen LogP contribution in [0.5, 0.6) is 0 Å². The molecule has 2 aromatic carbocycles. The number of halogens is 1. The molecule has 1 N–H and O–H groups in total. The van der Waals surface area contributed by atoms with Crippen LogP contribution < -0.4 is 10.2 Å². The van der Waals surface area contributed by atoms with E-state index in [0.717, 1.165) is 41.8 Å². The minimum Gasteiger partial charge on any atom is -0.369 e. The highest BCUT2D eigenvalue weighted by Crippen LogP contribution is 2.32. The van der Waals surface area contributed by atoms with Crippen molar-refractivity contribution in [2.24, 2.45) is 5.92 Å². The lowest BCUT2D eigenvalue weighted by molar-refractivity contribution is -0.121. The van der Waals surface area contributed by atoms with Crippen molar-refractivity contribution in [2.75, 3.05) is 29.9 Å². The van der Waals surface area contributed by atoms with Gasteiger partial charge < -0.3 is 15.1 Å². The molecule has 2 amide bonds. The molecular formula is C26H32ClN3O2. The highest BCUT2D eigenvalue weighted by atomic mass is 35.5. The molecule has 6 heteroatoms. The van der Waals surface area contributed by atoms with Gasteiger partial charge in [0.2, 0.25) is 5.91 Å². The summed E-state index contributed by atoms with van der Waals surface area (Å²) < 4.78 is 0. The highest BCUT2D eigenvalue weighted by Gasteiger charge is 2.30. The summed E-state index contributed by atoms with van der Waals surface area (Å²) in [6, 6.07) is 12.2. The molecular weight excluding hydrogens is 422 g/mol. The number of aryl methyl sites for hydroxylation is 2. The van der Waals surface area contributed by atoms with Crippen LogP contribution in [-0.2, 0) is 4.79 Å². The van der Waals surface area contributed by atoms with Crippen molar-refractivity contribution >= 4 is 34.8 Å². The van der Waals surface area contributed by atoms with Gasteiger partial charge in [0.1, 0.15) is 0 Å². The average Bonchev–Trinajstić information content (AvgIpc) is 3.21. The maximum Gasteiger partial charge on any atom is 0.254 e. The monoisotopic (exact) mass is 453 g/mol. The molecule has 32 heavy (non-hydrogen) atoms. The smallest absolute Gasteiger partial charge is 0.254 e. The molecule has 1 unspecified atom stereocenters. The minimum atomic E-state index is -0.248. The minimum absolute atomic E-state index is 0.0150. The zero-order chi connectivity index (χ0) is 22.8. The third kappa shape index (κ3) is 4.63. The Morgan fingerprint density at radius 2 is 1.75 bits per heavy atom. The molecule has 2 saturated heterocycles. The number of rotatable bonds is 4. The second-order valence-electron chi connectivity index (χ2n) is 9.20. The van der Waals surface area contributed by atoms with Crippen molar-refractivity contribution in [3.8, 4) is 0 Å². The molecule has 4 rings (SSSR count). The number of hydrogen-bond donors (Lipinski definition) is 1. The van der Waals surface area contributed by atoms with E-state index >= 15 is 0 Å². The van der Waals surface area contributed by atoms with Crippen molar-refractivity contribution in [2.45, 2.75) is 52.5 Å². The van der Waals surface area contributed by atoms with Gasteiger partial charge in [0.05, 0.1) is 16.6 Å². The fourth-order valence-corrected chi connectivity index (χ4v) is 5.19. The molecule has 2 atom stereocenters. The van der Waals surface area contributed by atoms with Crippen molar-refractivity contribution in [3.63, 3.8) is 0 Å². The fraction of sp³-hybridized carbons (Fsp3) is 0.462. The van der Waals surface area contributed by atoms with E-state index in [0.29, 0.717) is 29.8 Å². The first kappa shape index (κ1) is 22.7. The Kier molecular flexibility index (Phi) is 6.75. The first-order valence-electron chi connectivity index (χ1n) is 11.6. The summed E-state index contributed by atoms with van der Waals surface area (Å²) in [6.07, 6.45) is 3.94. The van der Waals surface area contributed by atoms with Crippen LogP contribution in [0.2, 0.25) is 5.02 Å². The number of nitrogens with one attached hydrogen (secondary N) is 1. The maximum absolute atomic E-state index is 13.2. The van der Waals surface area contributed by atoms with Crippen molar-refractivity contribution in [1.82, 2.24) is 4.90 Å². The van der Waals surface area contributed by atoms with Crippen LogP contribution in [-0.4, -0.2) is 42.4 Å². The van der Waals surface area contributed by atoms with Gasteiger partial charge in [-0.05, 0) is 75.8 Å². The maximum atomic E-state index is 13.2. The normalized spacial score (nSPS) is 21.0. The summed E-state index contributed by atoms with van der Waals surface area (Å²) >= 11 is 6.42. The Hall–Kier alpha value is -2.53. The number of likely N-dealkylation sites (tertiary alicyclic amines) is 1. The first-order valence-corrected chi connectivity index (χ1v) is 12.0. The topological polar surface area (TPSA) is 52.7 Å². The largest absolute Gasteiger partial charge is 0.369 e. The molecule has 2 aliphatic rings. The molecule has 0 radical (unpaired) electrons. The van der Waals surface area contributed by atoms with Crippen LogP contribution in [0.25, 0.3) is 0 Å². The first-order chi connectivity index (χ1) is 15.3. The van der Waals surface area contributed by atoms with Gasteiger partial charge in [0, 0.05) is 36.9 Å². The summed E-state index contributed by atoms with van der Waals surface area (Å²) in [6.45, 7) is 8.28. The summed E-state index contributed by atoms with van der Waals surface area (Å²) in [5, 5.41) is 3.58. The predicted octanol–water partition coefficient (Wildman–Crippen LogP) is 5.44. The van der Waals surface area contributed by atoms with Crippen LogP contribution in [0.15, 0.2) is 36.4 Å². The van der Waals surface area contributed by atoms with Crippen molar-refractivity contribution in [1.29, 1.82) is 0 Å². The summed E-state index contributed by atoms with van der Waals surface area (Å²) in [4.78, 5) is 30.5. The van der Waals surface area contributed by atoms with Crippen molar-refractivity contribution in [3.05, 3.63) is 58.1 Å². The summed E-state index contributed by atoms with van der Waals surface area (Å²) in [5.41, 5.74) is 4.43. The Morgan fingerprint density at radius 1 is 1.03 bits per heavy atom. The molecule has 170 valence electrons. The molecule has 5 nitrogen and oxygen atoms in total. The number of piperidine rings is 1. The number of benzene rings is 2. The van der Waals surface area contributed by atoms with Gasteiger partial charge in [-0.25, -0.2) is 0 Å². The van der Waals surface area contributed by atoms with E-state index in [1.54, 1.807) is 0 Å². The van der Waals surface area contributed by atoms with E-state index in [2.05, 4.69) is 17.1 Å². The third-order valence-electron chi connectivity index (χ3n) is 6.87. The lowest BCUT2D eigenvalue weighted by Gasteiger charge is -2.33. The van der Waals surface area contributed by atoms with Crippen LogP contribution >= 0.6 is 11.6 Å². The summed E-state index contributed by atoms with van der Waals surface area (Å²) in [7, 11) is 0. The van der Waals surface area contributed by atoms with Gasteiger partial charge in [0.25, 0.3) is 5.91 Å². The third-order valence-corrected chi connectivity index (χ3v) is 7.20. The van der Waals surface area contributed by atoms with E-state index < -0.39 is 0 Å². The van der Waals surface area contributed by atoms with Gasteiger partial charge >= 0.3 is 0 Å². The Balaban J connectivity index is 1.46. The standard InChI is InChI=1S/C26H32ClN3O2/c1-17-7-4-8-18(2)24(17)26(32)29-13-6-10-20(16-29)25(31)28-23-15-21(11-12-22(23)27)30-14-5-9-19(30)3/h4,7-8,11-12,15,19-20H,5-6,9-10,13-14,16H2,1-3H3,(H,28,31)/t19?,20-/m0/s1. The molecule has 0 aromatic heterocycles. The van der Waals surface area contributed by atoms with E-state index in [-0.39, 0.29) is 17.7 Å². The quantitative estimate of drug-likeness (QED) is 0.670. The summed E-state index contributed by atoms with van der Waals surface area (Å²) in [5.74, 6) is -0.305. The van der Waals surface area contributed by atoms with Gasteiger partial charge in [-0.2, -0.15) is 0 Å². The number of amides is 2. The van der Waals surface area contributed by atoms with Gasteiger partial charge in [-0.1, -0.05) is 29.8 Å². The molecule has 2 fully saturated rings. The van der Waals surface area contributed by atoms with Gasteiger partial charge in [-0.3, -0.25) is 9.59 Å². The molecule has 0 spiro atoms. The molecule has 2 aromatic rings. The van der Waals surface area contributed by atoms with Crippen LogP contribution in [0.3, 0.4) is 0 Å². The molecule has 0 aliphatic carbocycles. The number of nitrogens with zero attached hydrogens (tertiary/aromatic N) is 2. The molecule has 0 saturated carbocycles. The number of anilines is 2. The second kappa shape index (κ2) is 9.53. The Bertz CT molecular complexity index is 1000. The number of carbonyl (C=O) groups is 2. The van der Waals surface area contributed by atoms with Crippen LogP contribution in [0, 0.1) is 19.8 Å². The van der Waals surface area contributed by atoms with Gasteiger partial charge in [0.15, 0.2) is 0 Å². The Morgan fingerprint density at radius 3 is 2.44 bits per heavy atom. The lowest BCUT2D eigenvalue weighted by Crippen LogP contribution is -2.44. The SMILES string of the molecule is Cc1cccc(C)c1C(=O)N1CCC[C@H](C(=O)Nc2cc(N3CCCC3C)ccc2Cl)C1. The van der Waals surface area contributed by atoms with E-state index in [1.807, 2.05) is 55.1 Å². The predicted molar refractivity (Wildman–Crippen MR) is 131 cm³/mol.